The molecule has 2 heterocycles. The molecule has 7 heteroatoms. The summed E-state index contributed by atoms with van der Waals surface area (Å²) in [7, 11) is 0. The Hall–Kier alpha value is -2.47. The van der Waals surface area contributed by atoms with Crippen molar-refractivity contribution in [3.8, 4) is 5.75 Å². The van der Waals surface area contributed by atoms with Gasteiger partial charge in [-0.3, -0.25) is 0 Å². The number of rotatable bonds is 5. The van der Waals surface area contributed by atoms with Crippen molar-refractivity contribution in [1.82, 2.24) is 24.7 Å². The number of hydrogen-bond acceptors (Lipinski definition) is 5. The van der Waals surface area contributed by atoms with Crippen LogP contribution in [0, 0.1) is 0 Å². The summed E-state index contributed by atoms with van der Waals surface area (Å²) in [5.74, 6) is 1.41. The molecular weight excluding hydrogens is 302 g/mol. The van der Waals surface area contributed by atoms with Gasteiger partial charge in [-0.25, -0.2) is 19.6 Å². The van der Waals surface area contributed by atoms with E-state index in [-0.39, 0.29) is 6.10 Å². The van der Waals surface area contributed by atoms with E-state index in [1.807, 2.05) is 25.1 Å². The van der Waals surface area contributed by atoms with Crippen molar-refractivity contribution >= 4 is 11.6 Å². The first-order chi connectivity index (χ1) is 10.7. The molecule has 0 saturated carbocycles. The minimum absolute atomic E-state index is 0.196. The lowest BCUT2D eigenvalue weighted by Crippen LogP contribution is -2.10. The van der Waals surface area contributed by atoms with Crippen LogP contribution in [-0.4, -0.2) is 24.7 Å². The van der Waals surface area contributed by atoms with Crippen LogP contribution in [0.4, 0.5) is 0 Å². The van der Waals surface area contributed by atoms with E-state index in [0.29, 0.717) is 17.4 Å². The zero-order valence-corrected chi connectivity index (χ0v) is 12.7. The third-order valence-corrected chi connectivity index (χ3v) is 3.29. The van der Waals surface area contributed by atoms with Gasteiger partial charge in [0.15, 0.2) is 0 Å². The smallest absolute Gasteiger partial charge is 0.150 e. The number of halogens is 1. The minimum Gasteiger partial charge on any atom is -0.484 e. The Morgan fingerprint density at radius 3 is 2.77 bits per heavy atom. The van der Waals surface area contributed by atoms with Crippen molar-refractivity contribution in [3.05, 3.63) is 65.7 Å². The summed E-state index contributed by atoms with van der Waals surface area (Å²) < 4.78 is 7.53. The van der Waals surface area contributed by atoms with E-state index in [1.54, 1.807) is 29.3 Å². The molecule has 0 aliphatic rings. The molecule has 0 unspecified atom stereocenters. The van der Waals surface area contributed by atoms with Gasteiger partial charge < -0.3 is 4.74 Å². The SMILES string of the molecule is C[C@@H](Oc1ccc(Cl)cc1)c1ccnc(Cn2cncn2)n1. The topological polar surface area (TPSA) is 65.7 Å². The Balaban J connectivity index is 1.72. The molecule has 0 aliphatic heterocycles. The van der Waals surface area contributed by atoms with Gasteiger partial charge in [0, 0.05) is 11.2 Å². The molecule has 3 rings (SSSR count). The molecule has 22 heavy (non-hydrogen) atoms. The summed E-state index contributed by atoms with van der Waals surface area (Å²) in [6.45, 7) is 2.41. The summed E-state index contributed by atoms with van der Waals surface area (Å²) in [6.07, 6.45) is 4.63. The second kappa shape index (κ2) is 6.53. The fourth-order valence-electron chi connectivity index (χ4n) is 1.95. The van der Waals surface area contributed by atoms with Gasteiger partial charge in [0.05, 0.1) is 5.69 Å². The second-order valence-electron chi connectivity index (χ2n) is 4.70. The fraction of sp³-hybridized carbons (Fsp3) is 0.200. The van der Waals surface area contributed by atoms with E-state index < -0.39 is 0 Å². The summed E-state index contributed by atoms with van der Waals surface area (Å²) in [5.41, 5.74) is 0.806. The highest BCUT2D eigenvalue weighted by Gasteiger charge is 2.10. The lowest BCUT2D eigenvalue weighted by molar-refractivity contribution is 0.221. The number of aromatic nitrogens is 5. The highest BCUT2D eigenvalue weighted by Crippen LogP contribution is 2.22. The van der Waals surface area contributed by atoms with Crippen molar-refractivity contribution in [3.63, 3.8) is 0 Å². The predicted octanol–water partition coefficient (Wildman–Crippen LogP) is 2.91. The van der Waals surface area contributed by atoms with Crippen molar-refractivity contribution in [1.29, 1.82) is 0 Å². The molecule has 2 aromatic heterocycles. The van der Waals surface area contributed by atoms with Gasteiger partial charge in [0.25, 0.3) is 0 Å². The predicted molar refractivity (Wildman–Crippen MR) is 81.7 cm³/mol. The Bertz CT molecular complexity index is 730. The first-order valence-electron chi connectivity index (χ1n) is 6.77. The van der Waals surface area contributed by atoms with E-state index in [0.717, 1.165) is 11.4 Å². The fourth-order valence-corrected chi connectivity index (χ4v) is 2.08. The molecule has 112 valence electrons. The maximum Gasteiger partial charge on any atom is 0.150 e. The van der Waals surface area contributed by atoms with Gasteiger partial charge in [-0.1, -0.05) is 11.6 Å². The van der Waals surface area contributed by atoms with Gasteiger partial charge in [-0.2, -0.15) is 5.10 Å². The average Bonchev–Trinajstić information content (AvgIpc) is 3.03. The normalized spacial score (nSPS) is 12.1. The lowest BCUT2D eigenvalue weighted by Gasteiger charge is -2.14. The van der Waals surface area contributed by atoms with Crippen LogP contribution in [0.3, 0.4) is 0 Å². The van der Waals surface area contributed by atoms with Crippen LogP contribution >= 0.6 is 11.6 Å². The number of hydrogen-bond donors (Lipinski definition) is 0. The van der Waals surface area contributed by atoms with Crippen LogP contribution < -0.4 is 4.74 Å². The molecule has 0 amide bonds. The van der Waals surface area contributed by atoms with Crippen LogP contribution in [-0.2, 0) is 6.54 Å². The molecule has 1 aromatic carbocycles. The summed E-state index contributed by atoms with van der Waals surface area (Å²) in [4.78, 5) is 12.7. The molecule has 0 radical (unpaired) electrons. The Kier molecular flexibility index (Phi) is 4.29. The number of ether oxygens (including phenoxy) is 1. The van der Waals surface area contributed by atoms with Gasteiger partial charge in [-0.05, 0) is 37.3 Å². The summed E-state index contributed by atoms with van der Waals surface area (Å²) in [6, 6.07) is 9.08. The highest BCUT2D eigenvalue weighted by atomic mass is 35.5. The minimum atomic E-state index is -0.196. The highest BCUT2D eigenvalue weighted by molar-refractivity contribution is 6.30. The first-order valence-corrected chi connectivity index (χ1v) is 7.15. The van der Waals surface area contributed by atoms with Crippen molar-refractivity contribution in [2.75, 3.05) is 0 Å². The van der Waals surface area contributed by atoms with E-state index in [4.69, 9.17) is 16.3 Å². The van der Waals surface area contributed by atoms with Crippen LogP contribution in [0.25, 0.3) is 0 Å². The molecule has 0 saturated heterocycles. The number of nitrogens with zero attached hydrogens (tertiary/aromatic N) is 5. The molecule has 1 atom stereocenters. The average molecular weight is 316 g/mol. The maximum atomic E-state index is 5.86. The van der Waals surface area contributed by atoms with Gasteiger partial charge in [0.1, 0.15) is 36.9 Å². The maximum absolute atomic E-state index is 5.86. The summed E-state index contributed by atoms with van der Waals surface area (Å²) >= 11 is 5.86. The monoisotopic (exact) mass is 315 g/mol. The Labute approximate surface area is 132 Å². The van der Waals surface area contributed by atoms with Crippen LogP contribution in [0.1, 0.15) is 24.5 Å². The zero-order chi connectivity index (χ0) is 15.4. The van der Waals surface area contributed by atoms with Crippen molar-refractivity contribution < 1.29 is 4.74 Å². The molecule has 6 nitrogen and oxygen atoms in total. The molecule has 0 spiro atoms. The molecule has 0 N–H and O–H groups in total. The van der Waals surface area contributed by atoms with Crippen molar-refractivity contribution in [2.24, 2.45) is 0 Å². The molecule has 0 fully saturated rings. The third-order valence-electron chi connectivity index (χ3n) is 3.04. The molecule has 0 bridgehead atoms. The molecule has 0 aliphatic carbocycles. The van der Waals surface area contributed by atoms with E-state index in [2.05, 4.69) is 20.1 Å². The first kappa shape index (κ1) is 14.5. The standard InChI is InChI=1S/C15H14ClN5O/c1-11(22-13-4-2-12(16)3-5-13)14-6-7-18-15(20-14)8-21-10-17-9-19-21/h2-7,9-11H,8H2,1H3/t11-/m1/s1. The van der Waals surface area contributed by atoms with Gasteiger partial charge in [-0.15, -0.1) is 0 Å². The lowest BCUT2D eigenvalue weighted by atomic mass is 10.2. The van der Waals surface area contributed by atoms with E-state index in [9.17, 15) is 0 Å². The number of benzene rings is 1. The third kappa shape index (κ3) is 3.59. The van der Waals surface area contributed by atoms with E-state index >= 15 is 0 Å². The van der Waals surface area contributed by atoms with Crippen LogP contribution in [0.15, 0.2) is 49.2 Å². The van der Waals surface area contributed by atoms with Gasteiger partial charge >= 0.3 is 0 Å². The van der Waals surface area contributed by atoms with Crippen molar-refractivity contribution in [2.45, 2.75) is 19.6 Å². The zero-order valence-electron chi connectivity index (χ0n) is 11.9. The van der Waals surface area contributed by atoms with Gasteiger partial charge in [0.2, 0.25) is 0 Å². The van der Waals surface area contributed by atoms with Crippen LogP contribution in [0.5, 0.6) is 5.75 Å². The van der Waals surface area contributed by atoms with E-state index in [1.165, 1.54) is 6.33 Å². The molecular formula is C15H14ClN5O. The summed E-state index contributed by atoms with van der Waals surface area (Å²) in [5, 5.41) is 4.72. The quantitative estimate of drug-likeness (QED) is 0.724. The second-order valence-corrected chi connectivity index (χ2v) is 5.14. The molecule has 3 aromatic rings. The Morgan fingerprint density at radius 1 is 1.23 bits per heavy atom. The van der Waals surface area contributed by atoms with Crippen LogP contribution in [0.2, 0.25) is 5.02 Å². The Morgan fingerprint density at radius 2 is 2.05 bits per heavy atom. The largest absolute Gasteiger partial charge is 0.484 e.